The minimum absolute atomic E-state index is 0.00816. The Morgan fingerprint density at radius 2 is 2.00 bits per heavy atom. The van der Waals surface area contributed by atoms with Gasteiger partial charge in [0.05, 0.1) is 17.6 Å². The van der Waals surface area contributed by atoms with E-state index in [9.17, 15) is 9.18 Å². The Morgan fingerprint density at radius 1 is 1.24 bits per heavy atom. The van der Waals surface area contributed by atoms with E-state index in [4.69, 9.17) is 0 Å². The SMILES string of the molecule is CCn1c(CNC(=O)[C@H]2C[C@@H]2c2ccccc2F)nc2ccccc21. The third kappa shape index (κ3) is 2.90. The fourth-order valence-corrected chi connectivity index (χ4v) is 3.51. The molecule has 2 aromatic carbocycles. The molecule has 0 aliphatic heterocycles. The number of imidazole rings is 1. The number of hydrogen-bond donors (Lipinski definition) is 1. The fourth-order valence-electron chi connectivity index (χ4n) is 3.51. The molecule has 1 aromatic heterocycles. The Balaban J connectivity index is 1.44. The first-order valence-electron chi connectivity index (χ1n) is 8.65. The molecule has 1 heterocycles. The van der Waals surface area contributed by atoms with Gasteiger partial charge in [-0.1, -0.05) is 30.3 Å². The number of nitrogens with one attached hydrogen (secondary N) is 1. The van der Waals surface area contributed by atoms with Crippen LogP contribution in [-0.2, 0) is 17.9 Å². The van der Waals surface area contributed by atoms with E-state index < -0.39 is 0 Å². The highest BCUT2D eigenvalue weighted by molar-refractivity contribution is 5.83. The normalized spacial score (nSPS) is 19.1. The highest BCUT2D eigenvalue weighted by atomic mass is 19.1. The molecular formula is C20H20FN3O. The molecule has 0 unspecified atom stereocenters. The summed E-state index contributed by atoms with van der Waals surface area (Å²) in [6, 6.07) is 14.7. The fraction of sp³-hybridized carbons (Fsp3) is 0.300. The quantitative estimate of drug-likeness (QED) is 0.773. The molecule has 0 spiro atoms. The van der Waals surface area contributed by atoms with Crippen molar-refractivity contribution in [1.82, 2.24) is 14.9 Å². The van der Waals surface area contributed by atoms with Crippen LogP contribution in [0.3, 0.4) is 0 Å². The summed E-state index contributed by atoms with van der Waals surface area (Å²) in [5.74, 6) is 0.446. The maximum absolute atomic E-state index is 13.8. The van der Waals surface area contributed by atoms with Crippen molar-refractivity contribution in [2.24, 2.45) is 5.92 Å². The molecule has 5 heteroatoms. The first-order valence-corrected chi connectivity index (χ1v) is 8.65. The van der Waals surface area contributed by atoms with Crippen LogP contribution in [-0.4, -0.2) is 15.5 Å². The zero-order chi connectivity index (χ0) is 17.4. The number of amides is 1. The van der Waals surface area contributed by atoms with Crippen molar-refractivity contribution < 1.29 is 9.18 Å². The van der Waals surface area contributed by atoms with Crippen LogP contribution in [0.4, 0.5) is 4.39 Å². The number of fused-ring (bicyclic) bond motifs is 1. The van der Waals surface area contributed by atoms with Crippen molar-refractivity contribution in [1.29, 1.82) is 0 Å². The molecular weight excluding hydrogens is 317 g/mol. The van der Waals surface area contributed by atoms with Crippen LogP contribution in [0.1, 0.15) is 30.7 Å². The lowest BCUT2D eigenvalue weighted by Gasteiger charge is -2.08. The van der Waals surface area contributed by atoms with E-state index in [0.29, 0.717) is 18.5 Å². The number of benzene rings is 2. The number of carbonyl (C=O) groups excluding carboxylic acids is 1. The second-order valence-corrected chi connectivity index (χ2v) is 6.45. The predicted molar refractivity (Wildman–Crippen MR) is 94.5 cm³/mol. The summed E-state index contributed by atoms with van der Waals surface area (Å²) in [6.07, 6.45) is 0.705. The number of nitrogens with zero attached hydrogens (tertiary/aromatic N) is 2. The van der Waals surface area contributed by atoms with E-state index in [1.54, 1.807) is 12.1 Å². The van der Waals surface area contributed by atoms with Gasteiger partial charge >= 0.3 is 0 Å². The van der Waals surface area contributed by atoms with Crippen molar-refractivity contribution in [2.45, 2.75) is 32.4 Å². The standard InChI is InChI=1S/C20H20FN3O/c1-2-24-18-10-6-5-9-17(18)23-19(24)12-22-20(25)15-11-14(15)13-7-3-4-8-16(13)21/h3-10,14-15H,2,11-12H2,1H3,(H,22,25)/t14-,15+/m1/s1. The van der Waals surface area contributed by atoms with Gasteiger partial charge in [-0.05, 0) is 43.0 Å². The predicted octanol–water partition coefficient (Wildman–Crippen LogP) is 3.62. The molecule has 1 aliphatic carbocycles. The third-order valence-corrected chi connectivity index (χ3v) is 4.90. The van der Waals surface area contributed by atoms with Crippen molar-refractivity contribution in [3.63, 3.8) is 0 Å². The zero-order valence-corrected chi connectivity index (χ0v) is 14.1. The Labute approximate surface area is 145 Å². The summed E-state index contributed by atoms with van der Waals surface area (Å²) in [5, 5.41) is 2.97. The molecule has 1 aliphatic rings. The number of rotatable bonds is 5. The van der Waals surface area contributed by atoms with Gasteiger partial charge in [-0.15, -0.1) is 0 Å². The van der Waals surface area contributed by atoms with Crippen LogP contribution >= 0.6 is 0 Å². The van der Waals surface area contributed by atoms with E-state index in [0.717, 1.165) is 23.4 Å². The van der Waals surface area contributed by atoms with Crippen LogP contribution in [0.25, 0.3) is 11.0 Å². The van der Waals surface area contributed by atoms with E-state index in [1.807, 2.05) is 30.3 Å². The number of halogens is 1. The van der Waals surface area contributed by atoms with E-state index in [-0.39, 0.29) is 23.6 Å². The van der Waals surface area contributed by atoms with Gasteiger partial charge in [-0.2, -0.15) is 0 Å². The van der Waals surface area contributed by atoms with Crippen LogP contribution in [0, 0.1) is 11.7 Å². The number of aromatic nitrogens is 2. The molecule has 128 valence electrons. The van der Waals surface area contributed by atoms with Gasteiger partial charge in [0.2, 0.25) is 5.91 Å². The summed E-state index contributed by atoms with van der Waals surface area (Å²) in [5.41, 5.74) is 2.65. The van der Waals surface area contributed by atoms with Crippen molar-refractivity contribution in [3.05, 3.63) is 65.7 Å². The van der Waals surface area contributed by atoms with Gasteiger partial charge in [-0.25, -0.2) is 9.37 Å². The van der Waals surface area contributed by atoms with E-state index >= 15 is 0 Å². The summed E-state index contributed by atoms with van der Waals surface area (Å²) in [4.78, 5) is 17.0. The van der Waals surface area contributed by atoms with E-state index in [2.05, 4.69) is 21.8 Å². The number of hydrogen-bond acceptors (Lipinski definition) is 2. The maximum atomic E-state index is 13.8. The van der Waals surface area contributed by atoms with Gasteiger partial charge in [0, 0.05) is 12.5 Å². The lowest BCUT2D eigenvalue weighted by Crippen LogP contribution is -2.26. The first kappa shape index (κ1) is 15.8. The Morgan fingerprint density at radius 3 is 2.80 bits per heavy atom. The molecule has 0 radical (unpaired) electrons. The van der Waals surface area contributed by atoms with Crippen molar-refractivity contribution >= 4 is 16.9 Å². The van der Waals surface area contributed by atoms with Gasteiger partial charge in [0.25, 0.3) is 0 Å². The average molecular weight is 337 g/mol. The summed E-state index contributed by atoms with van der Waals surface area (Å²) in [7, 11) is 0. The molecule has 0 bridgehead atoms. The minimum Gasteiger partial charge on any atom is -0.349 e. The second kappa shape index (κ2) is 6.31. The summed E-state index contributed by atoms with van der Waals surface area (Å²) >= 11 is 0. The summed E-state index contributed by atoms with van der Waals surface area (Å²) < 4.78 is 15.9. The van der Waals surface area contributed by atoms with Crippen LogP contribution in [0.15, 0.2) is 48.5 Å². The lowest BCUT2D eigenvalue weighted by molar-refractivity contribution is -0.122. The first-order chi connectivity index (χ1) is 12.2. The molecule has 1 N–H and O–H groups in total. The van der Waals surface area contributed by atoms with Crippen LogP contribution < -0.4 is 5.32 Å². The number of para-hydroxylation sites is 2. The molecule has 2 atom stereocenters. The maximum Gasteiger partial charge on any atom is 0.224 e. The molecule has 4 nitrogen and oxygen atoms in total. The second-order valence-electron chi connectivity index (χ2n) is 6.45. The highest BCUT2D eigenvalue weighted by Crippen LogP contribution is 2.48. The monoisotopic (exact) mass is 337 g/mol. The molecule has 25 heavy (non-hydrogen) atoms. The highest BCUT2D eigenvalue weighted by Gasteiger charge is 2.45. The molecule has 3 aromatic rings. The molecule has 4 rings (SSSR count). The Kier molecular flexibility index (Phi) is 3.99. The number of aryl methyl sites for hydroxylation is 1. The van der Waals surface area contributed by atoms with Crippen molar-refractivity contribution in [3.8, 4) is 0 Å². The topological polar surface area (TPSA) is 46.9 Å². The average Bonchev–Trinajstić information content (AvgIpc) is 3.34. The van der Waals surface area contributed by atoms with Gasteiger partial charge in [0.15, 0.2) is 0 Å². The summed E-state index contributed by atoms with van der Waals surface area (Å²) in [6.45, 7) is 3.25. The Hall–Kier alpha value is -2.69. The minimum atomic E-state index is -0.226. The van der Waals surface area contributed by atoms with Gasteiger partial charge in [0.1, 0.15) is 11.6 Å². The smallest absolute Gasteiger partial charge is 0.224 e. The third-order valence-electron chi connectivity index (χ3n) is 4.90. The zero-order valence-electron chi connectivity index (χ0n) is 14.1. The Bertz CT molecular complexity index is 934. The largest absolute Gasteiger partial charge is 0.349 e. The van der Waals surface area contributed by atoms with Gasteiger partial charge < -0.3 is 9.88 Å². The molecule has 0 saturated heterocycles. The van der Waals surface area contributed by atoms with E-state index in [1.165, 1.54) is 6.07 Å². The lowest BCUT2D eigenvalue weighted by atomic mass is 10.1. The van der Waals surface area contributed by atoms with Crippen LogP contribution in [0.5, 0.6) is 0 Å². The molecule has 1 amide bonds. The van der Waals surface area contributed by atoms with Crippen LogP contribution in [0.2, 0.25) is 0 Å². The molecule has 1 fully saturated rings. The van der Waals surface area contributed by atoms with Crippen molar-refractivity contribution in [2.75, 3.05) is 0 Å². The molecule has 1 saturated carbocycles. The van der Waals surface area contributed by atoms with Gasteiger partial charge in [-0.3, -0.25) is 4.79 Å². The number of carbonyl (C=O) groups is 1.